The molecule has 10 heteroatoms. The fourth-order valence-corrected chi connectivity index (χ4v) is 4.22. The molecule has 1 atom stereocenters. The van der Waals surface area contributed by atoms with Crippen molar-refractivity contribution >= 4 is 15.7 Å². The summed E-state index contributed by atoms with van der Waals surface area (Å²) in [5.41, 5.74) is 0.716. The number of furan rings is 1. The zero-order valence-electron chi connectivity index (χ0n) is 13.1. The Morgan fingerprint density at radius 3 is 3.00 bits per heavy atom. The first-order valence-corrected chi connectivity index (χ1v) is 9.27. The molecule has 1 aliphatic rings. The molecule has 130 valence electrons. The van der Waals surface area contributed by atoms with Gasteiger partial charge in [-0.1, -0.05) is 5.16 Å². The van der Waals surface area contributed by atoms with Gasteiger partial charge in [0, 0.05) is 6.04 Å². The summed E-state index contributed by atoms with van der Waals surface area (Å²) in [5.74, 6) is 0.721. The van der Waals surface area contributed by atoms with Gasteiger partial charge in [-0.2, -0.15) is 4.98 Å². The summed E-state index contributed by atoms with van der Waals surface area (Å²) in [5, 5.41) is 6.59. The summed E-state index contributed by atoms with van der Waals surface area (Å²) < 4.78 is 32.9. The molecule has 9 nitrogen and oxygen atoms in total. The van der Waals surface area contributed by atoms with Crippen LogP contribution in [0.4, 0.5) is 0 Å². The maximum Gasteiger partial charge on any atom is 0.241 e. The molecule has 0 aromatic carbocycles. The number of likely N-dealkylation sites (N-methyl/N-ethyl adjacent to an activating group) is 1. The van der Waals surface area contributed by atoms with Crippen molar-refractivity contribution in [2.24, 2.45) is 0 Å². The number of sulfone groups is 1. The lowest BCUT2D eigenvalue weighted by molar-refractivity contribution is -0.122. The van der Waals surface area contributed by atoms with Crippen LogP contribution in [0.3, 0.4) is 0 Å². The van der Waals surface area contributed by atoms with Gasteiger partial charge in [0.1, 0.15) is 6.26 Å². The molecule has 0 radical (unpaired) electrons. The van der Waals surface area contributed by atoms with Gasteiger partial charge in [-0.3, -0.25) is 9.69 Å². The number of hydrogen-bond donors (Lipinski definition) is 1. The molecule has 2 aromatic heterocycles. The van der Waals surface area contributed by atoms with Gasteiger partial charge in [0.25, 0.3) is 0 Å². The average molecular weight is 354 g/mol. The molecule has 24 heavy (non-hydrogen) atoms. The third kappa shape index (κ3) is 4.20. The molecule has 0 saturated carbocycles. The molecule has 2 aromatic rings. The van der Waals surface area contributed by atoms with Gasteiger partial charge in [-0.25, -0.2) is 8.42 Å². The molecule has 3 rings (SSSR count). The van der Waals surface area contributed by atoms with Crippen LogP contribution >= 0.6 is 0 Å². The molecule has 1 unspecified atom stereocenters. The van der Waals surface area contributed by atoms with Crippen molar-refractivity contribution in [1.82, 2.24) is 20.4 Å². The van der Waals surface area contributed by atoms with Crippen LogP contribution in [0, 0.1) is 0 Å². The van der Waals surface area contributed by atoms with E-state index >= 15 is 0 Å². The van der Waals surface area contributed by atoms with Crippen molar-refractivity contribution in [2.75, 3.05) is 25.1 Å². The normalized spacial score (nSPS) is 19.7. The molecule has 0 spiro atoms. The second-order valence-corrected chi connectivity index (χ2v) is 8.09. The number of nitrogens with one attached hydrogen (secondary N) is 1. The predicted molar refractivity (Wildman–Crippen MR) is 83.5 cm³/mol. The lowest BCUT2D eigenvalue weighted by Crippen LogP contribution is -2.41. The Hall–Kier alpha value is -2.20. The second kappa shape index (κ2) is 6.73. The van der Waals surface area contributed by atoms with Crippen molar-refractivity contribution in [3.8, 4) is 11.4 Å². The minimum absolute atomic E-state index is 0.0141. The number of hydrogen-bond acceptors (Lipinski definition) is 8. The van der Waals surface area contributed by atoms with E-state index in [1.807, 2.05) is 0 Å². The van der Waals surface area contributed by atoms with Gasteiger partial charge < -0.3 is 14.3 Å². The number of nitrogens with zero attached hydrogens (tertiary/aromatic N) is 3. The maximum atomic E-state index is 12.0. The summed E-state index contributed by atoms with van der Waals surface area (Å²) in [6.07, 6.45) is 3.50. The summed E-state index contributed by atoms with van der Waals surface area (Å²) in [4.78, 5) is 17.9. The first kappa shape index (κ1) is 16.7. The highest BCUT2D eigenvalue weighted by molar-refractivity contribution is 7.91. The van der Waals surface area contributed by atoms with Gasteiger partial charge in [-0.15, -0.1) is 0 Å². The number of amides is 1. The standard InChI is InChI=1S/C14H18N4O5S/c1-18(6-12(19)15-11-3-5-24(20,21)9-11)7-13-16-14(17-23-13)10-2-4-22-8-10/h2,4,8,11H,3,5-7,9H2,1H3,(H,15,19). The molecule has 1 N–H and O–H groups in total. The second-order valence-electron chi connectivity index (χ2n) is 5.86. The Labute approximate surface area is 138 Å². The Morgan fingerprint density at radius 1 is 1.50 bits per heavy atom. The van der Waals surface area contributed by atoms with E-state index in [9.17, 15) is 13.2 Å². The average Bonchev–Trinajstić information content (AvgIpc) is 3.19. The molecule has 1 saturated heterocycles. The molecule has 1 fully saturated rings. The fraction of sp³-hybridized carbons (Fsp3) is 0.500. The van der Waals surface area contributed by atoms with E-state index in [1.165, 1.54) is 12.5 Å². The third-order valence-corrected chi connectivity index (χ3v) is 5.43. The highest BCUT2D eigenvalue weighted by atomic mass is 32.2. The van der Waals surface area contributed by atoms with Crippen LogP contribution in [0.2, 0.25) is 0 Å². The fourth-order valence-electron chi connectivity index (χ4n) is 2.54. The van der Waals surface area contributed by atoms with Crippen molar-refractivity contribution in [3.63, 3.8) is 0 Å². The molecule has 1 aliphatic heterocycles. The van der Waals surface area contributed by atoms with Gasteiger partial charge in [0.2, 0.25) is 17.6 Å². The van der Waals surface area contributed by atoms with E-state index in [-0.39, 0.29) is 30.0 Å². The summed E-state index contributed by atoms with van der Waals surface area (Å²) in [6.45, 7) is 0.418. The van der Waals surface area contributed by atoms with E-state index in [1.54, 1.807) is 18.0 Å². The maximum absolute atomic E-state index is 12.0. The van der Waals surface area contributed by atoms with Crippen LogP contribution < -0.4 is 5.32 Å². The van der Waals surface area contributed by atoms with Crippen LogP contribution in [0.5, 0.6) is 0 Å². The Bertz CT molecular complexity index is 799. The number of rotatable bonds is 6. The van der Waals surface area contributed by atoms with Gasteiger partial charge in [0.15, 0.2) is 9.84 Å². The zero-order valence-corrected chi connectivity index (χ0v) is 14.0. The highest BCUT2D eigenvalue weighted by Gasteiger charge is 2.29. The van der Waals surface area contributed by atoms with E-state index < -0.39 is 9.84 Å². The first-order valence-electron chi connectivity index (χ1n) is 7.45. The SMILES string of the molecule is CN(CC(=O)NC1CCS(=O)(=O)C1)Cc1nc(-c2ccoc2)no1. The predicted octanol–water partition coefficient (Wildman–Crippen LogP) is 0.0647. The van der Waals surface area contributed by atoms with E-state index in [2.05, 4.69) is 15.5 Å². The quantitative estimate of drug-likeness (QED) is 0.774. The molecule has 1 amide bonds. The molecular formula is C14H18N4O5S. The largest absolute Gasteiger partial charge is 0.472 e. The van der Waals surface area contributed by atoms with Crippen molar-refractivity contribution < 1.29 is 22.2 Å². The Kier molecular flexibility index (Phi) is 4.67. The Balaban J connectivity index is 1.49. The minimum atomic E-state index is -3.01. The zero-order chi connectivity index (χ0) is 17.2. The third-order valence-electron chi connectivity index (χ3n) is 3.66. The van der Waals surface area contributed by atoms with Gasteiger partial charge in [0.05, 0.1) is 36.4 Å². The molecule has 3 heterocycles. The van der Waals surface area contributed by atoms with Crippen LogP contribution in [0.25, 0.3) is 11.4 Å². The highest BCUT2D eigenvalue weighted by Crippen LogP contribution is 2.16. The first-order chi connectivity index (χ1) is 11.4. The van der Waals surface area contributed by atoms with E-state index in [4.69, 9.17) is 8.94 Å². The summed E-state index contributed by atoms with van der Waals surface area (Å²) in [6, 6.07) is 1.42. The topological polar surface area (TPSA) is 119 Å². The molecule has 0 bridgehead atoms. The van der Waals surface area contributed by atoms with Crippen LogP contribution in [-0.4, -0.2) is 60.5 Å². The van der Waals surface area contributed by atoms with Crippen LogP contribution in [0.1, 0.15) is 12.3 Å². The smallest absolute Gasteiger partial charge is 0.241 e. The van der Waals surface area contributed by atoms with Crippen molar-refractivity contribution in [3.05, 3.63) is 24.5 Å². The Morgan fingerprint density at radius 2 is 2.33 bits per heavy atom. The number of carbonyl (C=O) groups excluding carboxylic acids is 1. The summed E-state index contributed by atoms with van der Waals surface area (Å²) >= 11 is 0. The molecular weight excluding hydrogens is 336 g/mol. The molecule has 0 aliphatic carbocycles. The minimum Gasteiger partial charge on any atom is -0.472 e. The van der Waals surface area contributed by atoms with E-state index in [0.29, 0.717) is 30.2 Å². The van der Waals surface area contributed by atoms with E-state index in [0.717, 1.165) is 0 Å². The summed E-state index contributed by atoms with van der Waals surface area (Å²) in [7, 11) is -1.26. The van der Waals surface area contributed by atoms with Gasteiger partial charge >= 0.3 is 0 Å². The lowest BCUT2D eigenvalue weighted by atomic mass is 10.2. The number of aromatic nitrogens is 2. The van der Waals surface area contributed by atoms with Gasteiger partial charge in [-0.05, 0) is 19.5 Å². The lowest BCUT2D eigenvalue weighted by Gasteiger charge is -2.16. The van der Waals surface area contributed by atoms with Crippen molar-refractivity contribution in [2.45, 2.75) is 19.0 Å². The van der Waals surface area contributed by atoms with Crippen LogP contribution in [0.15, 0.2) is 27.5 Å². The monoisotopic (exact) mass is 354 g/mol. The van der Waals surface area contributed by atoms with Crippen LogP contribution in [-0.2, 0) is 21.2 Å². The van der Waals surface area contributed by atoms with Crippen molar-refractivity contribution in [1.29, 1.82) is 0 Å². The number of carbonyl (C=O) groups is 1.